The molecule has 0 fully saturated rings. The Labute approximate surface area is 270 Å². The SMILES string of the molecule is Cc1c([C@@H](c2ccc3c(c2)[C@@H](N2Cc4ccncc4OC(C)(C)C2)CC3)C(C)(C)C(=O)O)ccc2c1nnn2C.O=C(O)C(F)(F)F. The number of rotatable bonds is 5. The number of ether oxygens (including phenoxy) is 1. The van der Waals surface area contributed by atoms with Crippen LogP contribution in [0.1, 0.15) is 79.5 Å². The van der Waals surface area contributed by atoms with Crippen molar-refractivity contribution in [3.05, 3.63) is 82.2 Å². The van der Waals surface area contributed by atoms with E-state index < -0.39 is 23.5 Å². The predicted molar refractivity (Wildman–Crippen MR) is 167 cm³/mol. The Kier molecular flexibility index (Phi) is 8.82. The van der Waals surface area contributed by atoms with E-state index in [9.17, 15) is 23.1 Å². The van der Waals surface area contributed by atoms with Crippen LogP contribution in [-0.2, 0) is 29.6 Å². The minimum absolute atomic E-state index is 0.217. The Morgan fingerprint density at radius 2 is 1.77 bits per heavy atom. The average Bonchev–Trinajstić information content (AvgIpc) is 3.54. The molecule has 250 valence electrons. The van der Waals surface area contributed by atoms with Crippen molar-refractivity contribution >= 4 is 23.0 Å². The van der Waals surface area contributed by atoms with Crippen molar-refractivity contribution in [1.29, 1.82) is 0 Å². The first-order valence-corrected chi connectivity index (χ1v) is 15.2. The molecule has 1 aliphatic carbocycles. The van der Waals surface area contributed by atoms with Crippen molar-refractivity contribution in [2.75, 3.05) is 6.54 Å². The Morgan fingerprint density at radius 1 is 1.06 bits per heavy atom. The van der Waals surface area contributed by atoms with Crippen LogP contribution in [0, 0.1) is 12.3 Å². The van der Waals surface area contributed by atoms with Crippen molar-refractivity contribution < 1.29 is 37.7 Å². The van der Waals surface area contributed by atoms with E-state index in [-0.39, 0.29) is 17.6 Å². The molecule has 0 unspecified atom stereocenters. The fourth-order valence-electron chi connectivity index (χ4n) is 6.77. The highest BCUT2D eigenvalue weighted by Gasteiger charge is 2.42. The standard InChI is InChI=1S/C32H37N5O3.C2HF3O2/c1-19-23(10-12-26-29(19)34-35-36(26)6)28(32(4,5)30(38)39)21-8-7-20-9-11-25(24(20)15-21)37-17-22-13-14-33-16-27(22)40-31(2,3)18-37;3-2(4,5)1(6)7/h7-8,10,12-16,25,28H,9,11,17-18H2,1-6H3,(H,38,39);(H,6,7)/t25-,28+;/m0./s1. The van der Waals surface area contributed by atoms with Gasteiger partial charge in [0.05, 0.1) is 17.1 Å². The summed E-state index contributed by atoms with van der Waals surface area (Å²) in [5.41, 5.74) is 7.05. The number of hydrogen-bond donors (Lipinski definition) is 2. The molecule has 47 heavy (non-hydrogen) atoms. The van der Waals surface area contributed by atoms with Crippen molar-refractivity contribution in [3.8, 4) is 5.75 Å². The summed E-state index contributed by atoms with van der Waals surface area (Å²) in [6.07, 6.45) is 0.579. The lowest BCUT2D eigenvalue weighted by atomic mass is 9.69. The first-order chi connectivity index (χ1) is 21.9. The zero-order chi connectivity index (χ0) is 34.5. The van der Waals surface area contributed by atoms with E-state index in [1.54, 1.807) is 4.68 Å². The number of aryl methyl sites for hydroxylation is 3. The van der Waals surface area contributed by atoms with Gasteiger partial charge in [-0.05, 0) is 87.4 Å². The van der Waals surface area contributed by atoms with Crippen LogP contribution in [0.2, 0.25) is 0 Å². The zero-order valence-electron chi connectivity index (χ0n) is 27.1. The molecule has 0 spiro atoms. The highest BCUT2D eigenvalue weighted by Crippen LogP contribution is 2.47. The number of hydrogen-bond acceptors (Lipinski definition) is 7. The maximum Gasteiger partial charge on any atom is 0.490 e. The second-order valence-electron chi connectivity index (χ2n) is 13.4. The van der Waals surface area contributed by atoms with Gasteiger partial charge in [-0.3, -0.25) is 14.7 Å². The molecule has 1 aliphatic heterocycles. The molecule has 0 saturated carbocycles. The Bertz CT molecular complexity index is 1830. The minimum Gasteiger partial charge on any atom is -0.485 e. The molecule has 0 bridgehead atoms. The van der Waals surface area contributed by atoms with Gasteiger partial charge in [-0.1, -0.05) is 29.5 Å². The first kappa shape index (κ1) is 33.8. The summed E-state index contributed by atoms with van der Waals surface area (Å²) < 4.78 is 39.9. The molecular weight excluding hydrogens is 615 g/mol. The molecule has 2 aromatic heterocycles. The number of carboxylic acid groups (broad SMARTS) is 2. The van der Waals surface area contributed by atoms with E-state index in [4.69, 9.17) is 14.6 Å². The number of nitrogens with zero attached hydrogens (tertiary/aromatic N) is 5. The molecule has 0 radical (unpaired) electrons. The lowest BCUT2D eigenvalue weighted by Gasteiger charge is -2.35. The van der Waals surface area contributed by atoms with Crippen molar-refractivity contribution in [2.24, 2.45) is 12.5 Å². The number of pyridine rings is 1. The third-order valence-electron chi connectivity index (χ3n) is 9.11. The number of fused-ring (bicyclic) bond motifs is 3. The fourth-order valence-corrected chi connectivity index (χ4v) is 6.77. The van der Waals surface area contributed by atoms with Crippen LogP contribution in [0.15, 0.2) is 48.8 Å². The average molecular weight is 654 g/mol. The number of benzene rings is 2. The Balaban J connectivity index is 0.000000559. The smallest absolute Gasteiger partial charge is 0.485 e. The summed E-state index contributed by atoms with van der Waals surface area (Å²) >= 11 is 0. The van der Waals surface area contributed by atoms with Gasteiger partial charge in [0.15, 0.2) is 0 Å². The molecule has 10 nitrogen and oxygen atoms in total. The number of halogens is 3. The second kappa shape index (κ2) is 12.3. The molecule has 0 saturated heterocycles. The second-order valence-corrected chi connectivity index (χ2v) is 13.4. The monoisotopic (exact) mass is 653 g/mol. The van der Waals surface area contributed by atoms with Gasteiger partial charge >= 0.3 is 18.1 Å². The molecule has 2 N–H and O–H groups in total. The summed E-state index contributed by atoms with van der Waals surface area (Å²) in [6.45, 7) is 11.5. The van der Waals surface area contributed by atoms with Gasteiger partial charge in [0.25, 0.3) is 0 Å². The predicted octanol–water partition coefficient (Wildman–Crippen LogP) is 6.21. The van der Waals surface area contributed by atoms with Crippen LogP contribution in [-0.4, -0.2) is 65.4 Å². The lowest BCUT2D eigenvalue weighted by molar-refractivity contribution is -0.192. The topological polar surface area (TPSA) is 131 Å². The molecular formula is C34H38F3N5O5. The number of carbonyl (C=O) groups is 2. The Hall–Kier alpha value is -4.52. The van der Waals surface area contributed by atoms with E-state index in [0.29, 0.717) is 0 Å². The molecule has 2 atom stereocenters. The summed E-state index contributed by atoms with van der Waals surface area (Å²) in [5, 5.41) is 26.1. The largest absolute Gasteiger partial charge is 0.490 e. The van der Waals surface area contributed by atoms with Crippen LogP contribution in [0.3, 0.4) is 0 Å². The van der Waals surface area contributed by atoms with Crippen LogP contribution >= 0.6 is 0 Å². The molecule has 4 aromatic rings. The van der Waals surface area contributed by atoms with Gasteiger partial charge in [-0.2, -0.15) is 13.2 Å². The number of carboxylic acids is 2. The van der Waals surface area contributed by atoms with Crippen molar-refractivity contribution in [2.45, 2.75) is 77.7 Å². The third kappa shape index (κ3) is 6.67. The van der Waals surface area contributed by atoms with Crippen LogP contribution in [0.25, 0.3) is 11.0 Å². The fraction of sp³-hybridized carbons (Fsp3) is 0.441. The van der Waals surface area contributed by atoms with Gasteiger partial charge < -0.3 is 14.9 Å². The number of aromatic nitrogens is 4. The van der Waals surface area contributed by atoms with Crippen LogP contribution in [0.5, 0.6) is 5.75 Å². The molecule has 2 aliphatic rings. The summed E-state index contributed by atoms with van der Waals surface area (Å²) in [7, 11) is 1.87. The van der Waals surface area contributed by atoms with Gasteiger partial charge in [0.2, 0.25) is 0 Å². The number of aliphatic carboxylic acids is 2. The van der Waals surface area contributed by atoms with E-state index in [0.717, 1.165) is 65.0 Å². The highest BCUT2D eigenvalue weighted by molar-refractivity contribution is 5.82. The van der Waals surface area contributed by atoms with E-state index in [1.807, 2.05) is 52.3 Å². The molecule has 13 heteroatoms. The minimum atomic E-state index is -5.08. The first-order valence-electron chi connectivity index (χ1n) is 15.2. The van der Waals surface area contributed by atoms with Crippen LogP contribution in [0.4, 0.5) is 13.2 Å². The number of alkyl halides is 3. The quantitative estimate of drug-likeness (QED) is 0.258. The van der Waals surface area contributed by atoms with Gasteiger partial charge in [0.1, 0.15) is 16.9 Å². The van der Waals surface area contributed by atoms with Crippen LogP contribution < -0.4 is 4.74 Å². The van der Waals surface area contributed by atoms with Crippen molar-refractivity contribution in [1.82, 2.24) is 24.9 Å². The maximum absolute atomic E-state index is 12.7. The highest BCUT2D eigenvalue weighted by atomic mass is 19.4. The molecule has 6 rings (SSSR count). The molecule has 0 amide bonds. The van der Waals surface area contributed by atoms with Gasteiger partial charge in [-0.25, -0.2) is 9.48 Å². The zero-order valence-corrected chi connectivity index (χ0v) is 27.1. The normalized spacial score (nSPS) is 18.3. The summed E-state index contributed by atoms with van der Waals surface area (Å²) in [6, 6.07) is 12.9. The van der Waals surface area contributed by atoms with E-state index in [1.165, 1.54) is 11.1 Å². The van der Waals surface area contributed by atoms with Crippen molar-refractivity contribution in [3.63, 3.8) is 0 Å². The third-order valence-corrected chi connectivity index (χ3v) is 9.11. The van der Waals surface area contributed by atoms with E-state index in [2.05, 4.69) is 58.3 Å². The molecule has 2 aromatic carbocycles. The maximum atomic E-state index is 12.7. The Morgan fingerprint density at radius 3 is 2.43 bits per heavy atom. The van der Waals surface area contributed by atoms with Gasteiger partial charge in [0, 0.05) is 43.9 Å². The van der Waals surface area contributed by atoms with E-state index >= 15 is 0 Å². The molecule has 3 heterocycles. The summed E-state index contributed by atoms with van der Waals surface area (Å²) in [4.78, 5) is 28.4. The van der Waals surface area contributed by atoms with Gasteiger partial charge in [-0.15, -0.1) is 5.10 Å². The summed E-state index contributed by atoms with van der Waals surface area (Å²) in [5.74, 6) is -3.10. The lowest BCUT2D eigenvalue weighted by Crippen LogP contribution is -2.41.